The molecule has 0 atom stereocenters. The van der Waals surface area contributed by atoms with Gasteiger partial charge >= 0.3 is 5.97 Å². The van der Waals surface area contributed by atoms with E-state index in [1.54, 1.807) is 17.8 Å². The second-order valence-electron chi connectivity index (χ2n) is 8.60. The standard InChI is InChI=1S/C25H25ClN2O2S/c1-25(2,3)30-23(29)15-6-17-4-7-18(8-5-17)24-22(16-28(27-24)20-11-12-20)31-21-13-9-19(26)10-14-21/h4-10,13-16,20H,11-12H2,1-3H3/b15-6+. The summed E-state index contributed by atoms with van der Waals surface area (Å²) >= 11 is 7.72. The molecule has 1 heterocycles. The molecular weight excluding hydrogens is 428 g/mol. The summed E-state index contributed by atoms with van der Waals surface area (Å²) in [5.74, 6) is -0.346. The highest BCUT2D eigenvalue weighted by atomic mass is 35.5. The van der Waals surface area contributed by atoms with Crippen LogP contribution in [0.1, 0.15) is 45.2 Å². The molecule has 0 bridgehead atoms. The van der Waals surface area contributed by atoms with Crippen molar-refractivity contribution < 1.29 is 9.53 Å². The van der Waals surface area contributed by atoms with Crippen LogP contribution in [0.5, 0.6) is 0 Å². The van der Waals surface area contributed by atoms with Crippen LogP contribution in [0.4, 0.5) is 0 Å². The smallest absolute Gasteiger partial charge is 0.331 e. The van der Waals surface area contributed by atoms with Gasteiger partial charge < -0.3 is 4.74 Å². The van der Waals surface area contributed by atoms with E-state index in [0.29, 0.717) is 6.04 Å². The van der Waals surface area contributed by atoms with E-state index in [2.05, 4.69) is 10.9 Å². The SMILES string of the molecule is CC(C)(C)OC(=O)/C=C/c1ccc(-c2nn(C3CC3)cc2Sc2ccc(Cl)cc2)cc1. The Hall–Kier alpha value is -2.50. The molecule has 0 aliphatic heterocycles. The second kappa shape index (κ2) is 8.93. The van der Waals surface area contributed by atoms with Gasteiger partial charge in [0.1, 0.15) is 11.3 Å². The van der Waals surface area contributed by atoms with E-state index in [4.69, 9.17) is 21.4 Å². The van der Waals surface area contributed by atoms with Gasteiger partial charge in [-0.2, -0.15) is 5.10 Å². The number of carbonyl (C=O) groups is 1. The number of hydrogen-bond donors (Lipinski definition) is 0. The van der Waals surface area contributed by atoms with Gasteiger partial charge in [0.05, 0.1) is 10.9 Å². The van der Waals surface area contributed by atoms with Gasteiger partial charge in [0.25, 0.3) is 0 Å². The molecule has 160 valence electrons. The molecular formula is C25H25ClN2O2S. The van der Waals surface area contributed by atoms with Crippen LogP contribution in [0.25, 0.3) is 17.3 Å². The molecule has 2 aromatic carbocycles. The number of aromatic nitrogens is 2. The van der Waals surface area contributed by atoms with Crippen LogP contribution in [0.15, 0.2) is 70.6 Å². The Balaban J connectivity index is 1.54. The number of rotatable bonds is 6. The van der Waals surface area contributed by atoms with Crippen molar-refractivity contribution in [2.45, 2.75) is 55.0 Å². The molecule has 31 heavy (non-hydrogen) atoms. The van der Waals surface area contributed by atoms with Gasteiger partial charge in [-0.25, -0.2) is 4.79 Å². The first-order chi connectivity index (χ1) is 14.8. The molecule has 1 fully saturated rings. The summed E-state index contributed by atoms with van der Waals surface area (Å²) < 4.78 is 7.40. The molecule has 1 aliphatic rings. The van der Waals surface area contributed by atoms with Crippen LogP contribution in [0.3, 0.4) is 0 Å². The third-order valence-electron chi connectivity index (χ3n) is 4.66. The first kappa shape index (κ1) is 21.7. The Bertz CT molecular complexity index is 1090. The van der Waals surface area contributed by atoms with E-state index in [1.807, 2.05) is 69.3 Å². The third-order valence-corrected chi connectivity index (χ3v) is 5.94. The highest BCUT2D eigenvalue weighted by Crippen LogP contribution is 2.40. The fraction of sp³-hybridized carbons (Fsp3) is 0.280. The van der Waals surface area contributed by atoms with E-state index < -0.39 is 5.60 Å². The van der Waals surface area contributed by atoms with E-state index in [-0.39, 0.29) is 5.97 Å². The average molecular weight is 453 g/mol. The summed E-state index contributed by atoms with van der Waals surface area (Å²) in [7, 11) is 0. The van der Waals surface area contributed by atoms with Gasteiger partial charge in [0, 0.05) is 27.8 Å². The first-order valence-corrected chi connectivity index (χ1v) is 11.5. The lowest BCUT2D eigenvalue weighted by molar-refractivity contribution is -0.148. The predicted octanol–water partition coefficient (Wildman–Crippen LogP) is 7.04. The highest BCUT2D eigenvalue weighted by Gasteiger charge is 2.26. The number of benzene rings is 2. The van der Waals surface area contributed by atoms with Crippen LogP contribution in [-0.2, 0) is 9.53 Å². The van der Waals surface area contributed by atoms with Crippen molar-refractivity contribution in [1.82, 2.24) is 9.78 Å². The van der Waals surface area contributed by atoms with E-state index in [1.165, 1.54) is 18.9 Å². The molecule has 0 radical (unpaired) electrons. The molecule has 4 rings (SSSR count). The minimum Gasteiger partial charge on any atom is -0.457 e. The van der Waals surface area contributed by atoms with Gasteiger partial charge in [-0.05, 0) is 69.5 Å². The molecule has 0 spiro atoms. The second-order valence-corrected chi connectivity index (χ2v) is 10.1. The third kappa shape index (κ3) is 6.02. The Labute approximate surface area is 192 Å². The minimum absolute atomic E-state index is 0.346. The lowest BCUT2D eigenvalue weighted by Gasteiger charge is -2.17. The molecule has 1 saturated carbocycles. The van der Waals surface area contributed by atoms with E-state index >= 15 is 0 Å². The number of hydrogen-bond acceptors (Lipinski definition) is 4. The molecule has 0 unspecified atom stereocenters. The summed E-state index contributed by atoms with van der Waals surface area (Å²) in [5.41, 5.74) is 2.45. The van der Waals surface area contributed by atoms with Crippen LogP contribution in [0, 0.1) is 0 Å². The summed E-state index contributed by atoms with van der Waals surface area (Å²) in [6.07, 6.45) is 7.73. The zero-order valence-electron chi connectivity index (χ0n) is 17.8. The van der Waals surface area contributed by atoms with Crippen LogP contribution in [0.2, 0.25) is 5.02 Å². The molecule has 3 aromatic rings. The molecule has 0 saturated heterocycles. The van der Waals surface area contributed by atoms with Gasteiger partial charge in [0.15, 0.2) is 0 Å². The fourth-order valence-corrected chi connectivity index (χ4v) is 4.13. The van der Waals surface area contributed by atoms with Crippen LogP contribution >= 0.6 is 23.4 Å². The van der Waals surface area contributed by atoms with Crippen molar-refractivity contribution in [3.63, 3.8) is 0 Å². The lowest BCUT2D eigenvalue weighted by Crippen LogP contribution is -2.22. The van der Waals surface area contributed by atoms with E-state index in [9.17, 15) is 4.79 Å². The molecule has 1 aliphatic carbocycles. The van der Waals surface area contributed by atoms with Crippen molar-refractivity contribution in [2.24, 2.45) is 0 Å². The number of nitrogens with zero attached hydrogens (tertiary/aromatic N) is 2. The maximum atomic E-state index is 11.9. The largest absolute Gasteiger partial charge is 0.457 e. The zero-order valence-corrected chi connectivity index (χ0v) is 19.4. The molecule has 6 heteroatoms. The quantitative estimate of drug-likeness (QED) is 0.297. The van der Waals surface area contributed by atoms with Gasteiger partial charge in [0.2, 0.25) is 0 Å². The topological polar surface area (TPSA) is 44.1 Å². The Morgan fingerprint density at radius 1 is 1.13 bits per heavy atom. The summed E-state index contributed by atoms with van der Waals surface area (Å²) in [6.45, 7) is 5.57. The first-order valence-electron chi connectivity index (χ1n) is 10.3. The number of carbonyl (C=O) groups excluding carboxylic acids is 1. The van der Waals surface area contributed by atoms with Crippen LogP contribution in [-0.4, -0.2) is 21.4 Å². The average Bonchev–Trinajstić information content (AvgIpc) is 3.48. The Morgan fingerprint density at radius 2 is 1.81 bits per heavy atom. The van der Waals surface area contributed by atoms with Crippen molar-refractivity contribution >= 4 is 35.4 Å². The fourth-order valence-electron chi connectivity index (χ4n) is 3.06. The maximum Gasteiger partial charge on any atom is 0.331 e. The Morgan fingerprint density at radius 3 is 2.42 bits per heavy atom. The summed E-state index contributed by atoms with van der Waals surface area (Å²) in [4.78, 5) is 14.1. The van der Waals surface area contributed by atoms with E-state index in [0.717, 1.165) is 31.6 Å². The monoisotopic (exact) mass is 452 g/mol. The van der Waals surface area contributed by atoms with Crippen LogP contribution < -0.4 is 0 Å². The van der Waals surface area contributed by atoms with Gasteiger partial charge in [-0.3, -0.25) is 4.68 Å². The number of halogens is 1. The molecule has 1 aromatic heterocycles. The predicted molar refractivity (Wildman–Crippen MR) is 126 cm³/mol. The number of esters is 1. The van der Waals surface area contributed by atoms with Gasteiger partial charge in [-0.1, -0.05) is 47.6 Å². The zero-order chi connectivity index (χ0) is 22.0. The summed E-state index contributed by atoms with van der Waals surface area (Å²) in [5, 5.41) is 5.61. The molecule has 4 nitrogen and oxygen atoms in total. The minimum atomic E-state index is -0.496. The normalized spacial score (nSPS) is 14.2. The van der Waals surface area contributed by atoms with Crippen molar-refractivity contribution in [2.75, 3.05) is 0 Å². The van der Waals surface area contributed by atoms with Gasteiger partial charge in [-0.15, -0.1) is 0 Å². The summed E-state index contributed by atoms with van der Waals surface area (Å²) in [6, 6.07) is 16.4. The molecule has 0 N–H and O–H groups in total. The van der Waals surface area contributed by atoms with Crippen molar-refractivity contribution in [3.8, 4) is 11.3 Å². The number of ether oxygens (including phenoxy) is 1. The maximum absolute atomic E-state index is 11.9. The molecule has 0 amide bonds. The Kier molecular flexibility index (Phi) is 6.26. The van der Waals surface area contributed by atoms with Crippen molar-refractivity contribution in [1.29, 1.82) is 0 Å². The van der Waals surface area contributed by atoms with Crippen molar-refractivity contribution in [3.05, 3.63) is 71.4 Å². The lowest BCUT2D eigenvalue weighted by atomic mass is 10.1. The highest BCUT2D eigenvalue weighted by molar-refractivity contribution is 7.99.